The molecule has 0 spiro atoms. The molecule has 1 aromatic carbocycles. The molecule has 0 unspecified atom stereocenters. The van der Waals surface area contributed by atoms with E-state index in [1.54, 1.807) is 13.3 Å². The monoisotopic (exact) mass is 338 g/mol. The number of methoxy groups -OCH3 is 1. The average Bonchev–Trinajstić information content (AvgIpc) is 3.14. The van der Waals surface area contributed by atoms with Crippen molar-refractivity contribution < 1.29 is 13.9 Å². The number of ether oxygens (including phenoxy) is 1. The molecule has 2 aromatic heterocycles. The van der Waals surface area contributed by atoms with E-state index in [-0.39, 0.29) is 12.3 Å². The van der Waals surface area contributed by atoms with E-state index in [4.69, 9.17) is 9.15 Å². The lowest BCUT2D eigenvalue weighted by Crippen LogP contribution is -2.23. The van der Waals surface area contributed by atoms with Crippen molar-refractivity contribution in [2.75, 3.05) is 7.11 Å². The second-order valence-corrected chi connectivity index (χ2v) is 5.30. The van der Waals surface area contributed by atoms with Crippen molar-refractivity contribution in [2.45, 2.75) is 19.4 Å². The molecule has 3 aromatic rings. The lowest BCUT2D eigenvalue weighted by molar-refractivity contribution is -0.121. The van der Waals surface area contributed by atoms with E-state index in [1.807, 2.05) is 42.5 Å². The summed E-state index contributed by atoms with van der Waals surface area (Å²) in [4.78, 5) is 16.1. The molecule has 7 nitrogen and oxygen atoms in total. The molecule has 2 heterocycles. The van der Waals surface area contributed by atoms with Gasteiger partial charge in [-0.2, -0.15) is 0 Å². The Hall–Kier alpha value is -3.22. The molecule has 128 valence electrons. The second kappa shape index (κ2) is 8.05. The number of pyridine rings is 1. The van der Waals surface area contributed by atoms with Crippen LogP contribution in [0.4, 0.5) is 0 Å². The van der Waals surface area contributed by atoms with Crippen LogP contribution in [0.5, 0.6) is 5.75 Å². The quantitative estimate of drug-likeness (QED) is 0.711. The molecule has 0 saturated carbocycles. The Balaban J connectivity index is 1.54. The number of benzene rings is 1. The fraction of sp³-hybridized carbons (Fsp3) is 0.222. The average molecular weight is 338 g/mol. The smallest absolute Gasteiger partial charge is 0.251 e. The predicted octanol–water partition coefficient (Wildman–Crippen LogP) is 2.39. The van der Waals surface area contributed by atoms with Crippen LogP contribution in [0.2, 0.25) is 0 Å². The SMILES string of the molecule is COc1ccccc1-c1nnc(CCC(=O)NCc2ccccn2)o1. The van der Waals surface area contributed by atoms with Gasteiger partial charge in [-0.3, -0.25) is 9.78 Å². The Bertz CT molecular complexity index is 833. The maximum absolute atomic E-state index is 11.9. The van der Waals surface area contributed by atoms with Crippen LogP contribution in [-0.2, 0) is 17.8 Å². The van der Waals surface area contributed by atoms with E-state index in [0.29, 0.717) is 30.5 Å². The summed E-state index contributed by atoms with van der Waals surface area (Å²) in [7, 11) is 1.59. The van der Waals surface area contributed by atoms with Gasteiger partial charge in [0.2, 0.25) is 11.8 Å². The first-order valence-electron chi connectivity index (χ1n) is 7.88. The third kappa shape index (κ3) is 4.41. The zero-order chi connectivity index (χ0) is 17.5. The van der Waals surface area contributed by atoms with Crippen LogP contribution in [0.1, 0.15) is 18.0 Å². The van der Waals surface area contributed by atoms with Crippen LogP contribution in [0.15, 0.2) is 53.1 Å². The second-order valence-electron chi connectivity index (χ2n) is 5.30. The number of para-hydroxylation sites is 1. The van der Waals surface area contributed by atoms with Crippen molar-refractivity contribution in [2.24, 2.45) is 0 Å². The summed E-state index contributed by atoms with van der Waals surface area (Å²) in [5, 5.41) is 10.8. The third-order valence-electron chi connectivity index (χ3n) is 3.56. The van der Waals surface area contributed by atoms with E-state index >= 15 is 0 Å². The van der Waals surface area contributed by atoms with Crippen molar-refractivity contribution in [3.8, 4) is 17.2 Å². The summed E-state index contributed by atoms with van der Waals surface area (Å²) in [5.41, 5.74) is 1.54. The standard InChI is InChI=1S/C18H18N4O3/c1-24-15-8-3-2-7-14(15)18-22-21-17(25-18)10-9-16(23)20-12-13-6-4-5-11-19-13/h2-8,11H,9-10,12H2,1H3,(H,20,23). The Morgan fingerprint density at radius 2 is 2.00 bits per heavy atom. The molecule has 7 heteroatoms. The molecular weight excluding hydrogens is 320 g/mol. The minimum Gasteiger partial charge on any atom is -0.496 e. The summed E-state index contributed by atoms with van der Waals surface area (Å²) in [6.07, 6.45) is 2.33. The van der Waals surface area contributed by atoms with Crippen molar-refractivity contribution in [1.29, 1.82) is 0 Å². The Morgan fingerprint density at radius 3 is 2.80 bits per heavy atom. The molecule has 25 heavy (non-hydrogen) atoms. The predicted molar refractivity (Wildman–Crippen MR) is 90.7 cm³/mol. The van der Waals surface area contributed by atoms with Crippen molar-refractivity contribution in [1.82, 2.24) is 20.5 Å². The van der Waals surface area contributed by atoms with E-state index in [2.05, 4.69) is 20.5 Å². The molecule has 3 rings (SSSR count). The van der Waals surface area contributed by atoms with Gasteiger partial charge in [-0.15, -0.1) is 10.2 Å². The topological polar surface area (TPSA) is 90.1 Å². The minimum atomic E-state index is -0.0947. The third-order valence-corrected chi connectivity index (χ3v) is 3.56. The lowest BCUT2D eigenvalue weighted by Gasteiger charge is -2.04. The molecule has 0 aliphatic heterocycles. The zero-order valence-electron chi connectivity index (χ0n) is 13.8. The van der Waals surface area contributed by atoms with Crippen LogP contribution in [-0.4, -0.2) is 28.2 Å². The summed E-state index contributed by atoms with van der Waals surface area (Å²) in [6, 6.07) is 13.0. The van der Waals surface area contributed by atoms with Gasteiger partial charge >= 0.3 is 0 Å². The summed E-state index contributed by atoms with van der Waals surface area (Å²) in [5.74, 6) is 1.35. The highest BCUT2D eigenvalue weighted by Gasteiger charge is 2.13. The summed E-state index contributed by atoms with van der Waals surface area (Å²) < 4.78 is 10.9. The number of nitrogens with one attached hydrogen (secondary N) is 1. The van der Waals surface area contributed by atoms with Gasteiger partial charge in [0.1, 0.15) is 5.75 Å². The molecule has 1 amide bonds. The van der Waals surface area contributed by atoms with Gasteiger partial charge in [-0.25, -0.2) is 0 Å². The minimum absolute atomic E-state index is 0.0947. The van der Waals surface area contributed by atoms with Gasteiger partial charge in [0.25, 0.3) is 5.89 Å². The highest BCUT2D eigenvalue weighted by molar-refractivity contribution is 5.76. The number of aryl methyl sites for hydroxylation is 1. The normalized spacial score (nSPS) is 10.4. The van der Waals surface area contributed by atoms with E-state index in [9.17, 15) is 4.79 Å². The number of hydrogen-bond donors (Lipinski definition) is 1. The molecule has 0 bridgehead atoms. The first-order valence-corrected chi connectivity index (χ1v) is 7.88. The molecular formula is C18H18N4O3. The van der Waals surface area contributed by atoms with E-state index in [0.717, 1.165) is 11.3 Å². The summed E-state index contributed by atoms with van der Waals surface area (Å²) >= 11 is 0. The van der Waals surface area contributed by atoms with E-state index < -0.39 is 0 Å². The molecule has 0 fully saturated rings. The lowest BCUT2D eigenvalue weighted by atomic mass is 10.2. The van der Waals surface area contributed by atoms with Crippen LogP contribution in [0.25, 0.3) is 11.5 Å². The zero-order valence-corrected chi connectivity index (χ0v) is 13.8. The van der Waals surface area contributed by atoms with Gasteiger partial charge < -0.3 is 14.5 Å². The Kier molecular flexibility index (Phi) is 5.36. The van der Waals surface area contributed by atoms with Crippen molar-refractivity contribution in [3.05, 3.63) is 60.2 Å². The fourth-order valence-electron chi connectivity index (χ4n) is 2.29. The van der Waals surface area contributed by atoms with Crippen molar-refractivity contribution >= 4 is 5.91 Å². The number of carbonyl (C=O) groups excluding carboxylic acids is 1. The molecule has 0 radical (unpaired) electrons. The maximum Gasteiger partial charge on any atom is 0.251 e. The Morgan fingerprint density at radius 1 is 1.16 bits per heavy atom. The number of nitrogens with zero attached hydrogens (tertiary/aromatic N) is 3. The maximum atomic E-state index is 11.9. The summed E-state index contributed by atoms with van der Waals surface area (Å²) in [6.45, 7) is 0.399. The Labute approximate surface area is 145 Å². The first kappa shape index (κ1) is 16.6. The highest BCUT2D eigenvalue weighted by atomic mass is 16.5. The molecule has 0 aliphatic carbocycles. The van der Waals surface area contributed by atoms with Crippen molar-refractivity contribution in [3.63, 3.8) is 0 Å². The van der Waals surface area contributed by atoms with Crippen LogP contribution < -0.4 is 10.1 Å². The van der Waals surface area contributed by atoms with Crippen LogP contribution >= 0.6 is 0 Å². The number of hydrogen-bond acceptors (Lipinski definition) is 6. The molecule has 0 saturated heterocycles. The number of aromatic nitrogens is 3. The largest absolute Gasteiger partial charge is 0.496 e. The molecule has 1 N–H and O–H groups in total. The molecule has 0 aliphatic rings. The fourth-order valence-corrected chi connectivity index (χ4v) is 2.29. The molecule has 0 atom stereocenters. The van der Waals surface area contributed by atoms with Gasteiger partial charge in [-0.1, -0.05) is 18.2 Å². The van der Waals surface area contributed by atoms with Crippen LogP contribution in [0.3, 0.4) is 0 Å². The van der Waals surface area contributed by atoms with Gasteiger partial charge in [0.05, 0.1) is 24.9 Å². The number of carbonyl (C=O) groups is 1. The van der Waals surface area contributed by atoms with Gasteiger partial charge in [-0.05, 0) is 24.3 Å². The highest BCUT2D eigenvalue weighted by Crippen LogP contribution is 2.28. The van der Waals surface area contributed by atoms with Crippen LogP contribution in [0, 0.1) is 0 Å². The number of rotatable bonds is 7. The van der Waals surface area contributed by atoms with Gasteiger partial charge in [0, 0.05) is 19.0 Å². The van der Waals surface area contributed by atoms with E-state index in [1.165, 1.54) is 0 Å². The first-order chi connectivity index (χ1) is 12.3. The van der Waals surface area contributed by atoms with Gasteiger partial charge in [0.15, 0.2) is 0 Å². The number of amides is 1.